The Morgan fingerprint density at radius 1 is 1.26 bits per heavy atom. The lowest BCUT2D eigenvalue weighted by Gasteiger charge is -2.39. The number of rotatable bonds is 2. The predicted molar refractivity (Wildman–Crippen MR) is 62.7 cm³/mol. The van der Waals surface area contributed by atoms with E-state index < -0.39 is 18.1 Å². The van der Waals surface area contributed by atoms with Crippen LogP contribution in [0.1, 0.15) is 0 Å². The van der Waals surface area contributed by atoms with E-state index in [9.17, 15) is 9.59 Å². The molecule has 2 N–H and O–H groups in total. The number of carboxylic acid groups (broad SMARTS) is 1. The standard InChI is InChI=1S/C11H18N2O6/c14-6-8-5-12(1-4-19-8)11(17)13-2-3-18-7-9(13)10(15)16/h8-9,14H,1-7H2,(H,15,16). The van der Waals surface area contributed by atoms with Crippen LogP contribution in [-0.2, 0) is 14.3 Å². The van der Waals surface area contributed by atoms with Gasteiger partial charge in [-0.15, -0.1) is 0 Å². The number of carboxylic acids is 1. The summed E-state index contributed by atoms with van der Waals surface area (Å²) < 4.78 is 10.4. The minimum Gasteiger partial charge on any atom is -0.480 e. The molecular formula is C11H18N2O6. The highest BCUT2D eigenvalue weighted by atomic mass is 16.5. The molecule has 2 heterocycles. The van der Waals surface area contributed by atoms with Crippen LogP contribution in [0.3, 0.4) is 0 Å². The number of aliphatic hydroxyl groups excluding tert-OH is 1. The van der Waals surface area contributed by atoms with E-state index in [0.29, 0.717) is 19.8 Å². The molecule has 0 aliphatic carbocycles. The van der Waals surface area contributed by atoms with Crippen molar-refractivity contribution in [3.05, 3.63) is 0 Å². The summed E-state index contributed by atoms with van der Waals surface area (Å²) in [7, 11) is 0. The van der Waals surface area contributed by atoms with Crippen LogP contribution in [0, 0.1) is 0 Å². The normalized spacial score (nSPS) is 28.3. The number of aliphatic carboxylic acids is 1. The summed E-state index contributed by atoms with van der Waals surface area (Å²) in [5, 5.41) is 18.1. The van der Waals surface area contributed by atoms with Crippen molar-refractivity contribution < 1.29 is 29.3 Å². The zero-order valence-corrected chi connectivity index (χ0v) is 10.5. The number of carbonyl (C=O) groups excluding carboxylic acids is 1. The van der Waals surface area contributed by atoms with Gasteiger partial charge in [-0.3, -0.25) is 0 Å². The summed E-state index contributed by atoms with van der Waals surface area (Å²) >= 11 is 0. The third-order valence-electron chi connectivity index (χ3n) is 3.27. The van der Waals surface area contributed by atoms with Crippen molar-refractivity contribution in [3.8, 4) is 0 Å². The van der Waals surface area contributed by atoms with Crippen LogP contribution in [0.5, 0.6) is 0 Å². The maximum atomic E-state index is 12.3. The third kappa shape index (κ3) is 3.14. The van der Waals surface area contributed by atoms with Gasteiger partial charge in [-0.1, -0.05) is 0 Å². The van der Waals surface area contributed by atoms with Gasteiger partial charge in [-0.05, 0) is 0 Å². The first-order valence-corrected chi connectivity index (χ1v) is 6.22. The summed E-state index contributed by atoms with van der Waals surface area (Å²) in [6, 6.07) is -1.28. The second-order valence-corrected chi connectivity index (χ2v) is 4.53. The number of amides is 2. The Morgan fingerprint density at radius 2 is 2.05 bits per heavy atom. The maximum absolute atomic E-state index is 12.3. The van der Waals surface area contributed by atoms with Crippen molar-refractivity contribution >= 4 is 12.0 Å². The molecule has 2 saturated heterocycles. The Bertz CT molecular complexity index is 350. The third-order valence-corrected chi connectivity index (χ3v) is 3.27. The molecule has 2 rings (SSSR count). The van der Waals surface area contributed by atoms with Crippen molar-refractivity contribution in [3.63, 3.8) is 0 Å². The first-order chi connectivity index (χ1) is 9.13. The van der Waals surface area contributed by atoms with Gasteiger partial charge >= 0.3 is 12.0 Å². The Labute approximate surface area is 110 Å². The van der Waals surface area contributed by atoms with Crippen molar-refractivity contribution in [1.82, 2.24) is 9.80 Å². The quantitative estimate of drug-likeness (QED) is 0.641. The number of ether oxygens (including phenoxy) is 2. The molecule has 0 spiro atoms. The van der Waals surface area contributed by atoms with E-state index >= 15 is 0 Å². The molecule has 0 bridgehead atoms. The van der Waals surface area contributed by atoms with Crippen LogP contribution in [0.4, 0.5) is 4.79 Å². The van der Waals surface area contributed by atoms with E-state index in [4.69, 9.17) is 19.7 Å². The molecule has 0 aromatic carbocycles. The highest BCUT2D eigenvalue weighted by molar-refractivity contribution is 5.83. The van der Waals surface area contributed by atoms with Gasteiger partial charge in [-0.25, -0.2) is 9.59 Å². The Hall–Kier alpha value is -1.38. The fourth-order valence-corrected chi connectivity index (χ4v) is 2.22. The molecular weight excluding hydrogens is 256 g/mol. The number of urea groups is 1. The predicted octanol–water partition coefficient (Wildman–Crippen LogP) is -1.42. The summed E-state index contributed by atoms with van der Waals surface area (Å²) in [5.74, 6) is -1.07. The average Bonchev–Trinajstić information content (AvgIpc) is 2.46. The highest BCUT2D eigenvalue weighted by Crippen LogP contribution is 2.13. The second kappa shape index (κ2) is 6.18. The zero-order valence-electron chi connectivity index (χ0n) is 10.5. The van der Waals surface area contributed by atoms with Gasteiger partial charge in [0.2, 0.25) is 0 Å². The lowest BCUT2D eigenvalue weighted by Crippen LogP contribution is -2.59. The topological polar surface area (TPSA) is 99.5 Å². The van der Waals surface area contributed by atoms with Crippen molar-refractivity contribution in [2.45, 2.75) is 12.1 Å². The average molecular weight is 274 g/mol. The number of hydrogen-bond acceptors (Lipinski definition) is 5. The van der Waals surface area contributed by atoms with Crippen molar-refractivity contribution in [2.75, 3.05) is 46.1 Å². The van der Waals surface area contributed by atoms with Gasteiger partial charge in [0.15, 0.2) is 6.04 Å². The maximum Gasteiger partial charge on any atom is 0.328 e. The fraction of sp³-hybridized carbons (Fsp3) is 0.818. The van der Waals surface area contributed by atoms with E-state index in [0.717, 1.165) is 0 Å². The van der Waals surface area contributed by atoms with Crippen LogP contribution in [0.25, 0.3) is 0 Å². The van der Waals surface area contributed by atoms with E-state index in [1.807, 2.05) is 0 Å². The van der Waals surface area contributed by atoms with Crippen LogP contribution >= 0.6 is 0 Å². The number of nitrogens with zero attached hydrogens (tertiary/aromatic N) is 2. The highest BCUT2D eigenvalue weighted by Gasteiger charge is 2.36. The van der Waals surface area contributed by atoms with Crippen molar-refractivity contribution in [2.24, 2.45) is 0 Å². The Morgan fingerprint density at radius 3 is 2.74 bits per heavy atom. The Balaban J connectivity index is 2.02. The molecule has 0 radical (unpaired) electrons. The molecule has 0 aromatic rings. The number of carbonyl (C=O) groups is 2. The minimum atomic E-state index is -1.07. The van der Waals surface area contributed by atoms with Gasteiger partial charge in [0.05, 0.1) is 39.1 Å². The van der Waals surface area contributed by atoms with E-state index in [1.165, 1.54) is 9.80 Å². The van der Waals surface area contributed by atoms with Gasteiger partial charge in [-0.2, -0.15) is 0 Å². The zero-order chi connectivity index (χ0) is 13.8. The number of aliphatic hydroxyl groups is 1. The molecule has 2 amide bonds. The molecule has 2 atom stereocenters. The number of hydrogen-bond donors (Lipinski definition) is 2. The van der Waals surface area contributed by atoms with Crippen LogP contribution in [-0.4, -0.2) is 90.2 Å². The molecule has 8 heteroatoms. The molecule has 8 nitrogen and oxygen atoms in total. The molecule has 2 aliphatic heterocycles. The molecule has 108 valence electrons. The molecule has 19 heavy (non-hydrogen) atoms. The first kappa shape index (κ1) is 14.0. The van der Waals surface area contributed by atoms with E-state index in [2.05, 4.69) is 0 Å². The second-order valence-electron chi connectivity index (χ2n) is 4.53. The lowest BCUT2D eigenvalue weighted by atomic mass is 10.2. The molecule has 2 aliphatic rings. The molecule has 0 aromatic heterocycles. The van der Waals surface area contributed by atoms with Crippen LogP contribution in [0.2, 0.25) is 0 Å². The molecule has 2 fully saturated rings. The summed E-state index contributed by atoms with van der Waals surface area (Å²) in [5.41, 5.74) is 0. The number of morpholine rings is 2. The van der Waals surface area contributed by atoms with Gasteiger partial charge in [0, 0.05) is 13.1 Å². The summed E-state index contributed by atoms with van der Waals surface area (Å²) in [4.78, 5) is 26.3. The van der Waals surface area contributed by atoms with E-state index in [-0.39, 0.29) is 32.3 Å². The largest absolute Gasteiger partial charge is 0.480 e. The van der Waals surface area contributed by atoms with Crippen LogP contribution in [0.15, 0.2) is 0 Å². The van der Waals surface area contributed by atoms with E-state index in [1.54, 1.807) is 0 Å². The van der Waals surface area contributed by atoms with Gasteiger partial charge < -0.3 is 29.5 Å². The van der Waals surface area contributed by atoms with Gasteiger partial charge in [0.1, 0.15) is 0 Å². The fourth-order valence-electron chi connectivity index (χ4n) is 2.22. The van der Waals surface area contributed by atoms with Gasteiger partial charge in [0.25, 0.3) is 0 Å². The first-order valence-electron chi connectivity index (χ1n) is 6.22. The minimum absolute atomic E-state index is 0.00877. The van der Waals surface area contributed by atoms with Crippen LogP contribution < -0.4 is 0 Å². The lowest BCUT2D eigenvalue weighted by molar-refractivity contribution is -0.148. The van der Waals surface area contributed by atoms with Crippen molar-refractivity contribution in [1.29, 1.82) is 0 Å². The SMILES string of the molecule is O=C(O)C1COCCN1C(=O)N1CCOC(CO)C1. The molecule has 2 unspecified atom stereocenters. The summed E-state index contributed by atoms with van der Waals surface area (Å²) in [6.45, 7) is 1.47. The smallest absolute Gasteiger partial charge is 0.328 e. The molecule has 0 saturated carbocycles. The monoisotopic (exact) mass is 274 g/mol. The Kier molecular flexibility index (Phi) is 4.56. The summed E-state index contributed by atoms with van der Waals surface area (Å²) in [6.07, 6.45) is -0.401.